The molecule has 1 aliphatic rings. The van der Waals surface area contributed by atoms with Gasteiger partial charge in [-0.2, -0.15) is 0 Å². The summed E-state index contributed by atoms with van der Waals surface area (Å²) in [4.78, 5) is 34.3. The summed E-state index contributed by atoms with van der Waals surface area (Å²) in [6, 6.07) is -1.05. The fourth-order valence-electron chi connectivity index (χ4n) is 1.55. The topological polar surface area (TPSA) is 74.7 Å². The molecule has 1 saturated heterocycles. The number of carboxylic acids is 1. The molecule has 1 atom stereocenters. The second-order valence-electron chi connectivity index (χ2n) is 3.69. The summed E-state index contributed by atoms with van der Waals surface area (Å²) in [6.07, 6.45) is 0.507. The molecule has 0 bridgehead atoms. The highest BCUT2D eigenvalue weighted by Gasteiger charge is 2.36. The van der Waals surface area contributed by atoms with E-state index < -0.39 is 12.0 Å². The summed E-state index contributed by atoms with van der Waals surface area (Å²) in [5.41, 5.74) is 0. The molecule has 2 amide bonds. The maximum Gasteiger partial charge on any atom is 0.326 e. The van der Waals surface area contributed by atoms with Gasteiger partial charge in [-0.15, -0.1) is 0 Å². The Labute approximate surface area is 81.7 Å². The summed E-state index contributed by atoms with van der Waals surface area (Å²) in [7, 11) is 0. The third-order valence-electron chi connectivity index (χ3n) is 2.33. The van der Waals surface area contributed by atoms with Gasteiger partial charge in [-0.25, -0.2) is 4.79 Å². The second-order valence-corrected chi connectivity index (χ2v) is 3.69. The fraction of sp³-hybridized carbons (Fsp3) is 0.667. The molecule has 0 aromatic rings. The molecular weight excluding hydrogens is 186 g/mol. The average Bonchev–Trinajstić information content (AvgIpc) is 2.01. The van der Waals surface area contributed by atoms with Crippen molar-refractivity contribution in [1.29, 1.82) is 0 Å². The summed E-state index contributed by atoms with van der Waals surface area (Å²) in [6.45, 7) is 3.15. The number of aliphatic carboxylic acids is 1. The van der Waals surface area contributed by atoms with Crippen molar-refractivity contribution in [1.82, 2.24) is 4.90 Å². The zero-order valence-corrected chi connectivity index (χ0v) is 8.19. The van der Waals surface area contributed by atoms with Crippen molar-refractivity contribution in [2.75, 3.05) is 0 Å². The number of carbonyl (C=O) groups excluding carboxylic acids is 2. The van der Waals surface area contributed by atoms with Crippen molar-refractivity contribution >= 4 is 17.8 Å². The molecule has 14 heavy (non-hydrogen) atoms. The van der Waals surface area contributed by atoms with Crippen molar-refractivity contribution in [2.24, 2.45) is 5.92 Å². The zero-order valence-electron chi connectivity index (χ0n) is 8.19. The Bertz CT molecular complexity index is 269. The molecule has 0 spiro atoms. The van der Waals surface area contributed by atoms with E-state index in [1.54, 1.807) is 6.92 Å². The molecule has 0 aliphatic carbocycles. The number of hydrogen-bond donors (Lipinski definition) is 1. The van der Waals surface area contributed by atoms with Crippen molar-refractivity contribution in [2.45, 2.75) is 32.7 Å². The molecule has 1 rings (SSSR count). The summed E-state index contributed by atoms with van der Waals surface area (Å²) in [5.74, 6) is -1.90. The molecule has 78 valence electrons. The van der Waals surface area contributed by atoms with Crippen LogP contribution < -0.4 is 0 Å². The Morgan fingerprint density at radius 2 is 1.86 bits per heavy atom. The minimum absolute atomic E-state index is 0.0206. The Morgan fingerprint density at radius 1 is 1.43 bits per heavy atom. The first-order valence-electron chi connectivity index (χ1n) is 4.51. The highest BCUT2D eigenvalue weighted by atomic mass is 16.4. The van der Waals surface area contributed by atoms with Crippen LogP contribution in [0.4, 0.5) is 0 Å². The maximum atomic E-state index is 11.4. The van der Waals surface area contributed by atoms with Crippen LogP contribution in [0.3, 0.4) is 0 Å². The molecule has 0 saturated carbocycles. The molecule has 1 fully saturated rings. The first-order valence-corrected chi connectivity index (χ1v) is 4.51. The molecule has 0 radical (unpaired) electrons. The minimum atomic E-state index is -1.15. The van der Waals surface area contributed by atoms with Crippen LogP contribution in [-0.2, 0) is 14.4 Å². The monoisotopic (exact) mass is 199 g/mol. The van der Waals surface area contributed by atoms with E-state index in [-0.39, 0.29) is 30.6 Å². The summed E-state index contributed by atoms with van der Waals surface area (Å²) < 4.78 is 0. The Morgan fingerprint density at radius 3 is 2.21 bits per heavy atom. The normalized spacial score (nSPS) is 21.1. The lowest BCUT2D eigenvalue weighted by atomic mass is 9.96. The van der Waals surface area contributed by atoms with Crippen LogP contribution in [0.2, 0.25) is 0 Å². The van der Waals surface area contributed by atoms with Gasteiger partial charge in [0.25, 0.3) is 0 Å². The van der Waals surface area contributed by atoms with Crippen molar-refractivity contribution in [3.63, 3.8) is 0 Å². The molecule has 1 N–H and O–H groups in total. The van der Waals surface area contributed by atoms with Gasteiger partial charge in [0.1, 0.15) is 6.04 Å². The number of amides is 2. The molecule has 0 aromatic heterocycles. The SMILES string of the molecule is CC1CC(=O)N(C(C)C(=O)O)C(=O)C1. The fourth-order valence-corrected chi connectivity index (χ4v) is 1.55. The highest BCUT2D eigenvalue weighted by molar-refractivity contribution is 6.01. The smallest absolute Gasteiger partial charge is 0.326 e. The third kappa shape index (κ3) is 1.92. The first-order chi connectivity index (χ1) is 6.43. The van der Waals surface area contributed by atoms with Gasteiger partial charge in [0.05, 0.1) is 0 Å². The van der Waals surface area contributed by atoms with E-state index in [0.717, 1.165) is 4.90 Å². The van der Waals surface area contributed by atoms with Gasteiger partial charge in [0, 0.05) is 12.8 Å². The quantitative estimate of drug-likeness (QED) is 0.646. The maximum absolute atomic E-state index is 11.4. The Balaban J connectivity index is 2.82. The van der Waals surface area contributed by atoms with Gasteiger partial charge in [-0.3, -0.25) is 14.5 Å². The predicted octanol–water partition coefficient (Wildman–Crippen LogP) is 0.245. The lowest BCUT2D eigenvalue weighted by molar-refractivity contribution is -0.160. The number of carbonyl (C=O) groups is 3. The first kappa shape index (κ1) is 10.7. The third-order valence-corrected chi connectivity index (χ3v) is 2.33. The highest BCUT2D eigenvalue weighted by Crippen LogP contribution is 2.20. The largest absolute Gasteiger partial charge is 0.480 e. The van der Waals surface area contributed by atoms with Crippen molar-refractivity contribution in [3.05, 3.63) is 0 Å². The number of rotatable bonds is 2. The molecular formula is C9H13NO4. The molecule has 1 aliphatic heterocycles. The standard InChI is InChI=1S/C9H13NO4/c1-5-3-7(11)10(8(12)4-5)6(2)9(13)14/h5-6H,3-4H2,1-2H3,(H,13,14). The second kappa shape index (κ2) is 3.77. The number of piperidine rings is 1. The van der Waals surface area contributed by atoms with Crippen LogP contribution in [0.25, 0.3) is 0 Å². The lowest BCUT2D eigenvalue weighted by Gasteiger charge is -2.30. The van der Waals surface area contributed by atoms with Crippen LogP contribution in [0.1, 0.15) is 26.7 Å². The van der Waals surface area contributed by atoms with Gasteiger partial charge >= 0.3 is 5.97 Å². The van der Waals surface area contributed by atoms with E-state index in [9.17, 15) is 14.4 Å². The van der Waals surface area contributed by atoms with E-state index in [0.29, 0.717) is 0 Å². The lowest BCUT2D eigenvalue weighted by Crippen LogP contribution is -2.50. The van der Waals surface area contributed by atoms with Gasteiger partial charge in [0.15, 0.2) is 0 Å². The van der Waals surface area contributed by atoms with Crippen LogP contribution in [0, 0.1) is 5.92 Å². The summed E-state index contributed by atoms with van der Waals surface area (Å²) >= 11 is 0. The van der Waals surface area contributed by atoms with Gasteiger partial charge in [0.2, 0.25) is 11.8 Å². The predicted molar refractivity (Wildman–Crippen MR) is 47.3 cm³/mol. The van der Waals surface area contributed by atoms with Gasteiger partial charge in [-0.1, -0.05) is 6.92 Å². The van der Waals surface area contributed by atoms with Crippen LogP contribution >= 0.6 is 0 Å². The van der Waals surface area contributed by atoms with Crippen LogP contribution in [0.15, 0.2) is 0 Å². The van der Waals surface area contributed by atoms with Crippen LogP contribution in [0.5, 0.6) is 0 Å². The zero-order chi connectivity index (χ0) is 10.9. The van der Waals surface area contributed by atoms with E-state index in [4.69, 9.17) is 5.11 Å². The molecule has 1 heterocycles. The molecule has 5 nitrogen and oxygen atoms in total. The number of nitrogens with zero attached hydrogens (tertiary/aromatic N) is 1. The van der Waals surface area contributed by atoms with E-state index in [1.807, 2.05) is 0 Å². The number of carboxylic acid groups (broad SMARTS) is 1. The number of imide groups is 1. The molecule has 0 aromatic carbocycles. The Hall–Kier alpha value is -1.39. The minimum Gasteiger partial charge on any atom is -0.480 e. The van der Waals surface area contributed by atoms with E-state index in [2.05, 4.69) is 0 Å². The average molecular weight is 199 g/mol. The van der Waals surface area contributed by atoms with Gasteiger partial charge < -0.3 is 5.11 Å². The Kier molecular flexibility index (Phi) is 2.88. The molecule has 5 heteroatoms. The van der Waals surface area contributed by atoms with Crippen LogP contribution in [-0.4, -0.2) is 33.8 Å². The van der Waals surface area contributed by atoms with Crippen molar-refractivity contribution in [3.8, 4) is 0 Å². The summed E-state index contributed by atoms with van der Waals surface area (Å²) in [5, 5.41) is 8.69. The van der Waals surface area contributed by atoms with Crippen molar-refractivity contribution < 1.29 is 19.5 Å². The van der Waals surface area contributed by atoms with E-state index >= 15 is 0 Å². The number of likely N-dealkylation sites (tertiary alicyclic amines) is 1. The number of hydrogen-bond acceptors (Lipinski definition) is 3. The molecule has 1 unspecified atom stereocenters. The van der Waals surface area contributed by atoms with E-state index in [1.165, 1.54) is 6.92 Å². The van der Waals surface area contributed by atoms with Gasteiger partial charge in [-0.05, 0) is 12.8 Å².